The Morgan fingerprint density at radius 2 is 1.86 bits per heavy atom. The van der Waals surface area contributed by atoms with Crippen molar-refractivity contribution in [1.29, 1.82) is 0 Å². The van der Waals surface area contributed by atoms with Crippen molar-refractivity contribution < 1.29 is 14.3 Å². The highest BCUT2D eigenvalue weighted by Gasteiger charge is 2.21. The first-order valence-electron chi connectivity index (χ1n) is 6.23. The van der Waals surface area contributed by atoms with Crippen LogP contribution in [-0.2, 0) is 18.8 Å². The van der Waals surface area contributed by atoms with Crippen LogP contribution < -0.4 is 11.1 Å². The number of nitrogens with two attached hydrogens (primary N) is 1. The summed E-state index contributed by atoms with van der Waals surface area (Å²) in [5, 5.41) is 10.4. The van der Waals surface area contributed by atoms with Crippen molar-refractivity contribution in [3.05, 3.63) is 23.5 Å². The van der Waals surface area contributed by atoms with Gasteiger partial charge in [-0.25, -0.2) is 4.79 Å². The number of nitrogens with zero attached hydrogens (tertiary/aromatic N) is 4. The Morgan fingerprint density at radius 1 is 1.24 bits per heavy atom. The van der Waals surface area contributed by atoms with Gasteiger partial charge in [0, 0.05) is 14.1 Å². The van der Waals surface area contributed by atoms with E-state index in [0.29, 0.717) is 0 Å². The number of ether oxygens (including phenoxy) is 1. The second-order valence-electron chi connectivity index (χ2n) is 4.27. The van der Waals surface area contributed by atoms with Gasteiger partial charge in [0.2, 0.25) is 0 Å². The molecule has 9 heteroatoms. The third-order valence-electron chi connectivity index (χ3n) is 2.90. The fraction of sp³-hybridized carbons (Fsp3) is 0.333. The van der Waals surface area contributed by atoms with E-state index in [0.717, 1.165) is 0 Å². The number of carbonyl (C=O) groups is 2. The highest BCUT2D eigenvalue weighted by atomic mass is 16.5. The average molecular weight is 292 g/mol. The molecule has 0 radical (unpaired) electrons. The quantitative estimate of drug-likeness (QED) is 0.775. The fourth-order valence-corrected chi connectivity index (χ4v) is 1.74. The number of hydrogen-bond acceptors (Lipinski definition) is 6. The van der Waals surface area contributed by atoms with E-state index in [2.05, 4.69) is 15.5 Å². The number of amides is 1. The second-order valence-corrected chi connectivity index (χ2v) is 4.27. The molecule has 0 aromatic carbocycles. The predicted molar refractivity (Wildman–Crippen MR) is 74.7 cm³/mol. The molecule has 0 fully saturated rings. The van der Waals surface area contributed by atoms with E-state index in [1.807, 2.05) is 0 Å². The monoisotopic (exact) mass is 292 g/mol. The Bertz CT molecular complexity index is 687. The average Bonchev–Trinajstić information content (AvgIpc) is 2.95. The summed E-state index contributed by atoms with van der Waals surface area (Å²) in [6.07, 6.45) is 2.69. The van der Waals surface area contributed by atoms with Crippen LogP contribution in [-0.4, -0.2) is 38.0 Å². The zero-order valence-corrected chi connectivity index (χ0v) is 12.0. The van der Waals surface area contributed by atoms with Gasteiger partial charge in [0.1, 0.15) is 22.8 Å². The van der Waals surface area contributed by atoms with E-state index in [9.17, 15) is 9.59 Å². The summed E-state index contributed by atoms with van der Waals surface area (Å²) in [6, 6.07) is 0. The van der Waals surface area contributed by atoms with Gasteiger partial charge < -0.3 is 15.8 Å². The van der Waals surface area contributed by atoms with E-state index in [1.54, 1.807) is 21.0 Å². The van der Waals surface area contributed by atoms with Crippen molar-refractivity contribution in [2.24, 2.45) is 14.1 Å². The normalized spacial score (nSPS) is 10.4. The lowest BCUT2D eigenvalue weighted by atomic mass is 10.3. The lowest BCUT2D eigenvalue weighted by Crippen LogP contribution is -2.18. The van der Waals surface area contributed by atoms with Crippen molar-refractivity contribution in [3.8, 4) is 0 Å². The van der Waals surface area contributed by atoms with Crippen molar-refractivity contribution in [2.75, 3.05) is 17.7 Å². The Hall–Kier alpha value is -2.84. The standard InChI is InChI=1S/C12H16N6O3/c1-4-21-12(20)8-6-15-18(3)10(8)16-11(19)7-5-14-17(2)9(7)13/h5-6H,4,13H2,1-3H3,(H,16,19). The van der Waals surface area contributed by atoms with Gasteiger partial charge in [-0.2, -0.15) is 10.2 Å². The molecule has 0 saturated carbocycles. The maximum atomic E-state index is 12.2. The first-order chi connectivity index (χ1) is 9.95. The summed E-state index contributed by atoms with van der Waals surface area (Å²) in [6.45, 7) is 1.93. The molecule has 112 valence electrons. The molecule has 9 nitrogen and oxygen atoms in total. The Kier molecular flexibility index (Phi) is 3.92. The van der Waals surface area contributed by atoms with Crippen molar-refractivity contribution in [2.45, 2.75) is 6.92 Å². The maximum Gasteiger partial charge on any atom is 0.343 e. The van der Waals surface area contributed by atoms with Crippen LogP contribution in [0.15, 0.2) is 12.4 Å². The van der Waals surface area contributed by atoms with Crippen molar-refractivity contribution in [3.63, 3.8) is 0 Å². The molecule has 3 N–H and O–H groups in total. The van der Waals surface area contributed by atoms with Gasteiger partial charge in [-0.1, -0.05) is 0 Å². The first kappa shape index (κ1) is 14.6. The van der Waals surface area contributed by atoms with E-state index >= 15 is 0 Å². The molecule has 2 aromatic rings. The number of esters is 1. The van der Waals surface area contributed by atoms with Gasteiger partial charge in [0.25, 0.3) is 5.91 Å². The lowest BCUT2D eigenvalue weighted by Gasteiger charge is -2.07. The smallest absolute Gasteiger partial charge is 0.343 e. The number of aromatic nitrogens is 4. The third-order valence-corrected chi connectivity index (χ3v) is 2.90. The summed E-state index contributed by atoms with van der Waals surface area (Å²) in [7, 11) is 3.23. The summed E-state index contributed by atoms with van der Waals surface area (Å²) in [5.41, 5.74) is 6.13. The topological polar surface area (TPSA) is 117 Å². The lowest BCUT2D eigenvalue weighted by molar-refractivity contribution is 0.0527. The van der Waals surface area contributed by atoms with E-state index in [-0.39, 0.29) is 29.4 Å². The fourth-order valence-electron chi connectivity index (χ4n) is 1.74. The Morgan fingerprint density at radius 3 is 2.43 bits per heavy atom. The van der Waals surface area contributed by atoms with Gasteiger partial charge in [-0.05, 0) is 6.92 Å². The largest absolute Gasteiger partial charge is 0.462 e. The molecule has 2 aromatic heterocycles. The van der Waals surface area contributed by atoms with Gasteiger partial charge in [-0.15, -0.1) is 0 Å². The Balaban J connectivity index is 2.27. The molecule has 1 amide bonds. The van der Waals surface area contributed by atoms with Gasteiger partial charge >= 0.3 is 5.97 Å². The molecular formula is C12H16N6O3. The molecule has 2 rings (SSSR count). The number of hydrogen-bond donors (Lipinski definition) is 2. The predicted octanol–water partition coefficient (Wildman–Crippen LogP) is 0.165. The summed E-state index contributed by atoms with van der Waals surface area (Å²) in [5.74, 6) is -0.566. The van der Waals surface area contributed by atoms with Crippen LogP contribution >= 0.6 is 0 Å². The van der Waals surface area contributed by atoms with Crippen LogP contribution in [0, 0.1) is 0 Å². The third kappa shape index (κ3) is 2.71. The second kappa shape index (κ2) is 5.65. The van der Waals surface area contributed by atoms with Crippen LogP contribution in [0.1, 0.15) is 27.6 Å². The molecule has 0 unspecified atom stereocenters. The molecular weight excluding hydrogens is 276 g/mol. The van der Waals surface area contributed by atoms with Crippen LogP contribution in [0.3, 0.4) is 0 Å². The van der Waals surface area contributed by atoms with Crippen LogP contribution in [0.5, 0.6) is 0 Å². The Labute approximate surface area is 120 Å². The molecule has 0 aliphatic carbocycles. The molecule has 0 atom stereocenters. The van der Waals surface area contributed by atoms with Gasteiger partial charge in [0.15, 0.2) is 0 Å². The van der Waals surface area contributed by atoms with E-state index in [1.165, 1.54) is 21.8 Å². The maximum absolute atomic E-state index is 12.2. The summed E-state index contributed by atoms with van der Waals surface area (Å²) >= 11 is 0. The molecule has 0 aliphatic rings. The van der Waals surface area contributed by atoms with Crippen LogP contribution in [0.2, 0.25) is 0 Å². The van der Waals surface area contributed by atoms with E-state index in [4.69, 9.17) is 10.5 Å². The van der Waals surface area contributed by atoms with Gasteiger partial charge in [-0.3, -0.25) is 14.2 Å². The molecule has 0 spiro atoms. The summed E-state index contributed by atoms with van der Waals surface area (Å²) < 4.78 is 7.66. The highest BCUT2D eigenvalue weighted by molar-refractivity contribution is 6.09. The molecule has 0 bridgehead atoms. The number of rotatable bonds is 4. The highest BCUT2D eigenvalue weighted by Crippen LogP contribution is 2.18. The number of carbonyl (C=O) groups excluding carboxylic acids is 2. The minimum absolute atomic E-state index is 0.176. The molecule has 2 heterocycles. The molecule has 21 heavy (non-hydrogen) atoms. The van der Waals surface area contributed by atoms with Crippen molar-refractivity contribution in [1.82, 2.24) is 19.6 Å². The zero-order chi connectivity index (χ0) is 15.6. The van der Waals surface area contributed by atoms with Crippen LogP contribution in [0.25, 0.3) is 0 Å². The molecule has 0 saturated heterocycles. The number of anilines is 2. The van der Waals surface area contributed by atoms with Crippen LogP contribution in [0.4, 0.5) is 11.6 Å². The number of nitrogens with one attached hydrogen (secondary N) is 1. The van der Waals surface area contributed by atoms with Gasteiger partial charge in [0.05, 0.1) is 19.0 Å². The minimum atomic E-state index is -0.556. The number of aryl methyl sites for hydroxylation is 2. The van der Waals surface area contributed by atoms with Crippen molar-refractivity contribution >= 4 is 23.5 Å². The zero-order valence-electron chi connectivity index (χ0n) is 12.0. The summed E-state index contributed by atoms with van der Waals surface area (Å²) in [4.78, 5) is 24.0. The minimum Gasteiger partial charge on any atom is -0.462 e. The first-order valence-corrected chi connectivity index (χ1v) is 6.23. The number of nitrogen functional groups attached to an aromatic ring is 1. The molecule has 0 aliphatic heterocycles. The van der Waals surface area contributed by atoms with E-state index < -0.39 is 11.9 Å². The SMILES string of the molecule is CCOC(=O)c1cnn(C)c1NC(=O)c1cnn(C)c1N.